The molecular formula is C20H27N3O. The van der Waals surface area contributed by atoms with E-state index >= 15 is 0 Å². The standard InChI is InChI=1S/C20H27N3O/c1-16-5-4-6-18(15-16)12-14-23-20(21-2)22-13-11-17-7-9-19(24-3)10-8-17/h4-10,15H,11-14H2,1-3H3,(H2,21,22,23). The van der Waals surface area contributed by atoms with Crippen LogP contribution in [0.1, 0.15) is 16.7 Å². The molecule has 0 radical (unpaired) electrons. The molecule has 0 bridgehead atoms. The van der Waals surface area contributed by atoms with Gasteiger partial charge in [0, 0.05) is 20.1 Å². The van der Waals surface area contributed by atoms with Gasteiger partial charge in [-0.25, -0.2) is 0 Å². The van der Waals surface area contributed by atoms with Crippen molar-refractivity contribution in [3.8, 4) is 5.75 Å². The van der Waals surface area contributed by atoms with Crippen LogP contribution in [0.25, 0.3) is 0 Å². The maximum Gasteiger partial charge on any atom is 0.190 e. The molecule has 0 heterocycles. The summed E-state index contributed by atoms with van der Waals surface area (Å²) in [6.45, 7) is 3.83. The summed E-state index contributed by atoms with van der Waals surface area (Å²) in [5.74, 6) is 1.73. The molecule has 4 heteroatoms. The van der Waals surface area contributed by atoms with Crippen molar-refractivity contribution in [1.29, 1.82) is 0 Å². The number of hydrogen-bond donors (Lipinski definition) is 2. The highest BCUT2D eigenvalue weighted by Crippen LogP contribution is 2.11. The van der Waals surface area contributed by atoms with Gasteiger partial charge in [0.15, 0.2) is 5.96 Å². The highest BCUT2D eigenvalue weighted by atomic mass is 16.5. The zero-order valence-corrected chi connectivity index (χ0v) is 14.8. The molecule has 0 saturated heterocycles. The van der Waals surface area contributed by atoms with E-state index in [1.54, 1.807) is 14.2 Å². The molecular weight excluding hydrogens is 298 g/mol. The third-order valence-corrected chi connectivity index (χ3v) is 3.88. The number of aliphatic imine (C=N–C) groups is 1. The summed E-state index contributed by atoms with van der Waals surface area (Å²) in [5, 5.41) is 6.71. The van der Waals surface area contributed by atoms with Crippen molar-refractivity contribution in [2.45, 2.75) is 19.8 Å². The van der Waals surface area contributed by atoms with Crippen molar-refractivity contribution in [2.75, 3.05) is 27.2 Å². The monoisotopic (exact) mass is 325 g/mol. The number of nitrogens with zero attached hydrogens (tertiary/aromatic N) is 1. The Morgan fingerprint density at radius 3 is 2.21 bits per heavy atom. The van der Waals surface area contributed by atoms with Gasteiger partial charge < -0.3 is 15.4 Å². The first-order chi connectivity index (χ1) is 11.7. The zero-order valence-electron chi connectivity index (χ0n) is 14.8. The maximum atomic E-state index is 5.17. The van der Waals surface area contributed by atoms with E-state index in [0.29, 0.717) is 0 Å². The number of hydrogen-bond acceptors (Lipinski definition) is 2. The van der Waals surface area contributed by atoms with E-state index in [1.807, 2.05) is 12.1 Å². The summed E-state index contributed by atoms with van der Waals surface area (Å²) in [6.07, 6.45) is 1.93. The van der Waals surface area contributed by atoms with Gasteiger partial charge in [0.1, 0.15) is 5.75 Å². The fraction of sp³-hybridized carbons (Fsp3) is 0.350. The Kier molecular flexibility index (Phi) is 7.15. The quantitative estimate of drug-likeness (QED) is 0.608. The lowest BCUT2D eigenvalue weighted by Gasteiger charge is -2.12. The summed E-state index contributed by atoms with van der Waals surface area (Å²) < 4.78 is 5.17. The van der Waals surface area contributed by atoms with E-state index in [-0.39, 0.29) is 0 Å². The molecule has 2 aromatic carbocycles. The number of guanidine groups is 1. The van der Waals surface area contributed by atoms with Gasteiger partial charge in [-0.2, -0.15) is 0 Å². The Bertz CT molecular complexity index is 650. The van der Waals surface area contributed by atoms with Gasteiger partial charge in [0.2, 0.25) is 0 Å². The molecule has 128 valence electrons. The molecule has 0 aliphatic heterocycles. The summed E-state index contributed by atoms with van der Waals surface area (Å²) in [4.78, 5) is 4.27. The Morgan fingerprint density at radius 2 is 1.62 bits per heavy atom. The molecule has 0 amide bonds. The van der Waals surface area contributed by atoms with Crippen LogP contribution in [0, 0.1) is 6.92 Å². The van der Waals surface area contributed by atoms with Crippen molar-refractivity contribution in [2.24, 2.45) is 4.99 Å². The smallest absolute Gasteiger partial charge is 0.190 e. The molecule has 0 unspecified atom stereocenters. The first-order valence-electron chi connectivity index (χ1n) is 8.34. The highest BCUT2D eigenvalue weighted by molar-refractivity contribution is 5.79. The van der Waals surface area contributed by atoms with E-state index in [9.17, 15) is 0 Å². The molecule has 2 N–H and O–H groups in total. The summed E-state index contributed by atoms with van der Waals surface area (Å²) >= 11 is 0. The van der Waals surface area contributed by atoms with Crippen molar-refractivity contribution < 1.29 is 4.74 Å². The third kappa shape index (κ3) is 5.95. The fourth-order valence-electron chi connectivity index (χ4n) is 2.53. The number of methoxy groups -OCH3 is 1. The van der Waals surface area contributed by atoms with Crippen molar-refractivity contribution in [3.63, 3.8) is 0 Å². The molecule has 0 fully saturated rings. The third-order valence-electron chi connectivity index (χ3n) is 3.88. The first-order valence-corrected chi connectivity index (χ1v) is 8.34. The Hall–Kier alpha value is -2.49. The van der Waals surface area contributed by atoms with E-state index in [2.05, 4.69) is 58.9 Å². The molecule has 4 nitrogen and oxygen atoms in total. The predicted octanol–water partition coefficient (Wildman–Crippen LogP) is 2.95. The van der Waals surface area contributed by atoms with Crippen LogP contribution in [0.4, 0.5) is 0 Å². The average molecular weight is 325 g/mol. The minimum atomic E-state index is 0.844. The van der Waals surface area contributed by atoms with Crippen LogP contribution < -0.4 is 15.4 Å². The first kappa shape index (κ1) is 17.9. The molecule has 2 aromatic rings. The molecule has 0 aliphatic rings. The van der Waals surface area contributed by atoms with E-state index < -0.39 is 0 Å². The highest BCUT2D eigenvalue weighted by Gasteiger charge is 1.99. The van der Waals surface area contributed by atoms with Gasteiger partial charge in [-0.05, 0) is 43.0 Å². The van der Waals surface area contributed by atoms with Crippen LogP contribution in [0.5, 0.6) is 5.75 Å². The van der Waals surface area contributed by atoms with Gasteiger partial charge in [-0.1, -0.05) is 42.0 Å². The average Bonchev–Trinajstić information content (AvgIpc) is 2.61. The van der Waals surface area contributed by atoms with Crippen molar-refractivity contribution >= 4 is 5.96 Å². The second kappa shape index (κ2) is 9.60. The van der Waals surface area contributed by atoms with Crippen molar-refractivity contribution in [3.05, 3.63) is 65.2 Å². The fourth-order valence-corrected chi connectivity index (χ4v) is 2.53. The van der Waals surface area contributed by atoms with E-state index in [1.165, 1.54) is 16.7 Å². The van der Waals surface area contributed by atoms with E-state index in [4.69, 9.17) is 4.74 Å². The normalized spacial score (nSPS) is 11.2. The molecule has 0 aromatic heterocycles. The van der Waals surface area contributed by atoms with Crippen molar-refractivity contribution in [1.82, 2.24) is 10.6 Å². The van der Waals surface area contributed by atoms with Gasteiger partial charge in [0.25, 0.3) is 0 Å². The lowest BCUT2D eigenvalue weighted by atomic mass is 10.1. The van der Waals surface area contributed by atoms with Crippen LogP contribution >= 0.6 is 0 Å². The Labute approximate surface area is 145 Å². The number of nitrogens with one attached hydrogen (secondary N) is 2. The van der Waals surface area contributed by atoms with Crippen LogP contribution in [-0.2, 0) is 12.8 Å². The minimum absolute atomic E-state index is 0.844. The van der Waals surface area contributed by atoms with Gasteiger partial charge >= 0.3 is 0 Å². The largest absolute Gasteiger partial charge is 0.497 e. The minimum Gasteiger partial charge on any atom is -0.497 e. The van der Waals surface area contributed by atoms with Gasteiger partial charge in [-0.3, -0.25) is 4.99 Å². The molecule has 0 spiro atoms. The van der Waals surface area contributed by atoms with Crippen LogP contribution in [-0.4, -0.2) is 33.2 Å². The molecule has 0 aliphatic carbocycles. The number of benzene rings is 2. The van der Waals surface area contributed by atoms with Gasteiger partial charge in [0.05, 0.1) is 7.11 Å². The maximum absolute atomic E-state index is 5.17. The predicted molar refractivity (Wildman–Crippen MR) is 101 cm³/mol. The Morgan fingerprint density at radius 1 is 0.958 bits per heavy atom. The summed E-state index contributed by atoms with van der Waals surface area (Å²) in [6, 6.07) is 16.8. The molecule has 0 saturated carbocycles. The molecule has 24 heavy (non-hydrogen) atoms. The second-order valence-corrected chi connectivity index (χ2v) is 5.76. The summed E-state index contributed by atoms with van der Waals surface area (Å²) in [7, 11) is 3.48. The summed E-state index contributed by atoms with van der Waals surface area (Å²) in [5.41, 5.74) is 3.92. The zero-order chi connectivity index (χ0) is 17.2. The lowest BCUT2D eigenvalue weighted by molar-refractivity contribution is 0.414. The molecule has 2 rings (SSSR count). The lowest BCUT2D eigenvalue weighted by Crippen LogP contribution is -2.39. The number of ether oxygens (including phenoxy) is 1. The molecule has 0 atom stereocenters. The second-order valence-electron chi connectivity index (χ2n) is 5.76. The van der Waals surface area contributed by atoms with Crippen LogP contribution in [0.2, 0.25) is 0 Å². The Balaban J connectivity index is 1.70. The van der Waals surface area contributed by atoms with Gasteiger partial charge in [-0.15, -0.1) is 0 Å². The number of rotatable bonds is 7. The SMILES string of the molecule is CN=C(NCCc1ccc(OC)cc1)NCCc1cccc(C)c1. The van der Waals surface area contributed by atoms with E-state index in [0.717, 1.165) is 37.6 Å². The number of aryl methyl sites for hydroxylation is 1. The van der Waals surface area contributed by atoms with Crippen LogP contribution in [0.3, 0.4) is 0 Å². The van der Waals surface area contributed by atoms with Crippen LogP contribution in [0.15, 0.2) is 53.5 Å². The topological polar surface area (TPSA) is 45.7 Å².